The lowest BCUT2D eigenvalue weighted by atomic mass is 9.98. The van der Waals surface area contributed by atoms with Gasteiger partial charge in [-0.15, -0.1) is 0 Å². The molecule has 1 saturated carbocycles. The number of ether oxygens (including phenoxy) is 1. The molecule has 6 nitrogen and oxygen atoms in total. The molecule has 110 valence electrons. The Morgan fingerprint density at radius 1 is 1.70 bits per heavy atom. The van der Waals surface area contributed by atoms with Gasteiger partial charge in [0.2, 0.25) is 0 Å². The zero-order valence-corrected chi connectivity index (χ0v) is 12.5. The Bertz CT molecular complexity index is 534. The van der Waals surface area contributed by atoms with Crippen molar-refractivity contribution in [1.29, 1.82) is 0 Å². The van der Waals surface area contributed by atoms with Crippen LogP contribution in [0, 0.1) is 0 Å². The number of carbonyl (C=O) groups is 1. The maximum Gasteiger partial charge on any atom is 0.326 e. The minimum absolute atomic E-state index is 0.161. The Labute approximate surface area is 121 Å². The molecular formula is C13H19N3O3S. The first kappa shape index (κ1) is 15.1. The monoisotopic (exact) mass is 297 g/mol. The van der Waals surface area contributed by atoms with Crippen LogP contribution in [0.1, 0.15) is 26.2 Å². The number of carbonyl (C=O) groups excluding carboxylic acids is 1. The summed E-state index contributed by atoms with van der Waals surface area (Å²) < 4.78 is 5.15. The largest absolute Gasteiger partial charge is 0.465 e. The van der Waals surface area contributed by atoms with E-state index in [4.69, 9.17) is 4.74 Å². The van der Waals surface area contributed by atoms with Crippen molar-refractivity contribution in [2.24, 2.45) is 0 Å². The molecular weight excluding hydrogens is 278 g/mol. The lowest BCUT2D eigenvalue weighted by Gasteiger charge is -2.26. The smallest absolute Gasteiger partial charge is 0.326 e. The highest BCUT2D eigenvalue weighted by Gasteiger charge is 2.45. The van der Waals surface area contributed by atoms with E-state index < -0.39 is 5.54 Å². The summed E-state index contributed by atoms with van der Waals surface area (Å²) in [4.78, 5) is 30.2. The lowest BCUT2D eigenvalue weighted by molar-refractivity contribution is -0.150. The number of hydrogen-bond donors (Lipinski definition) is 2. The maximum atomic E-state index is 12.1. The highest BCUT2D eigenvalue weighted by molar-refractivity contribution is 7.99. The van der Waals surface area contributed by atoms with Crippen LogP contribution >= 0.6 is 11.8 Å². The molecule has 0 radical (unpaired) electrons. The zero-order valence-electron chi connectivity index (χ0n) is 11.6. The second-order valence-corrected chi connectivity index (χ2v) is 6.06. The van der Waals surface area contributed by atoms with Crippen LogP contribution in [0.25, 0.3) is 0 Å². The van der Waals surface area contributed by atoms with Gasteiger partial charge in [0, 0.05) is 17.5 Å². The fourth-order valence-electron chi connectivity index (χ4n) is 2.45. The van der Waals surface area contributed by atoms with Crippen LogP contribution in [0.2, 0.25) is 0 Å². The van der Waals surface area contributed by atoms with Gasteiger partial charge in [-0.1, -0.05) is 11.8 Å². The third-order valence-electron chi connectivity index (χ3n) is 3.54. The molecule has 1 aromatic rings. The van der Waals surface area contributed by atoms with Crippen molar-refractivity contribution >= 4 is 17.7 Å². The van der Waals surface area contributed by atoms with E-state index in [0.717, 1.165) is 12.8 Å². The fourth-order valence-corrected chi connectivity index (χ4v) is 3.65. The molecule has 1 aliphatic carbocycles. The van der Waals surface area contributed by atoms with Gasteiger partial charge >= 0.3 is 5.97 Å². The summed E-state index contributed by atoms with van der Waals surface area (Å²) in [5.41, 5.74) is -0.770. The molecule has 0 spiro atoms. The number of likely N-dealkylation sites (N-methyl/N-ethyl adjacent to an activating group) is 1. The molecule has 0 saturated heterocycles. The van der Waals surface area contributed by atoms with E-state index in [1.165, 1.54) is 24.0 Å². The van der Waals surface area contributed by atoms with Gasteiger partial charge in [-0.25, -0.2) is 4.98 Å². The minimum Gasteiger partial charge on any atom is -0.465 e. The zero-order chi connectivity index (χ0) is 14.6. The molecule has 1 aromatic heterocycles. The second kappa shape index (κ2) is 6.41. The van der Waals surface area contributed by atoms with E-state index in [-0.39, 0.29) is 16.8 Å². The number of thioether (sulfide) groups is 1. The molecule has 2 rings (SSSR count). The number of rotatable bonds is 5. The van der Waals surface area contributed by atoms with Crippen LogP contribution in [-0.4, -0.2) is 40.4 Å². The molecule has 2 atom stereocenters. The number of H-pyrrole nitrogens is 1. The second-order valence-electron chi connectivity index (χ2n) is 4.77. The third-order valence-corrected chi connectivity index (χ3v) is 4.71. The molecule has 0 amide bonds. The van der Waals surface area contributed by atoms with E-state index >= 15 is 0 Å². The summed E-state index contributed by atoms with van der Waals surface area (Å²) in [6.07, 6.45) is 3.78. The molecule has 0 aliphatic heterocycles. The summed E-state index contributed by atoms with van der Waals surface area (Å²) >= 11 is 1.50. The minimum atomic E-state index is -0.608. The topological polar surface area (TPSA) is 84.1 Å². The summed E-state index contributed by atoms with van der Waals surface area (Å²) in [6, 6.07) is 1.38. The number of esters is 1. The van der Waals surface area contributed by atoms with Crippen LogP contribution in [-0.2, 0) is 9.53 Å². The van der Waals surface area contributed by atoms with E-state index in [2.05, 4.69) is 15.3 Å². The Hall–Kier alpha value is -1.34. The third kappa shape index (κ3) is 3.21. The molecule has 1 heterocycles. The number of aromatic amines is 1. The average Bonchev–Trinajstić information content (AvgIpc) is 2.84. The van der Waals surface area contributed by atoms with E-state index in [1.54, 1.807) is 14.0 Å². The standard InChI is InChI=1S/C13H19N3O3S/c1-3-19-11(18)13(14-2)6-4-9(8-13)20-12-15-7-5-10(17)16-12/h5,7,9,14H,3-4,6,8H2,1-2H3,(H,15,16,17). The van der Waals surface area contributed by atoms with Gasteiger partial charge in [-0.2, -0.15) is 0 Å². The van der Waals surface area contributed by atoms with Crippen LogP contribution in [0.3, 0.4) is 0 Å². The molecule has 2 N–H and O–H groups in total. The normalized spacial score (nSPS) is 25.6. The van der Waals surface area contributed by atoms with Crippen LogP contribution in [0.15, 0.2) is 22.2 Å². The van der Waals surface area contributed by atoms with Crippen molar-refractivity contribution in [1.82, 2.24) is 15.3 Å². The highest BCUT2D eigenvalue weighted by Crippen LogP contribution is 2.39. The Morgan fingerprint density at radius 2 is 2.50 bits per heavy atom. The van der Waals surface area contributed by atoms with Crippen molar-refractivity contribution in [3.63, 3.8) is 0 Å². The van der Waals surface area contributed by atoms with E-state index in [9.17, 15) is 9.59 Å². The van der Waals surface area contributed by atoms with Gasteiger partial charge in [0.15, 0.2) is 5.16 Å². The predicted molar refractivity (Wildman–Crippen MR) is 76.8 cm³/mol. The quantitative estimate of drug-likeness (QED) is 0.621. The number of nitrogens with one attached hydrogen (secondary N) is 2. The summed E-state index contributed by atoms with van der Waals surface area (Å²) in [7, 11) is 1.78. The summed E-state index contributed by atoms with van der Waals surface area (Å²) in [6.45, 7) is 2.19. The average molecular weight is 297 g/mol. The van der Waals surface area contributed by atoms with Crippen molar-refractivity contribution < 1.29 is 9.53 Å². The lowest BCUT2D eigenvalue weighted by Crippen LogP contribution is -2.49. The van der Waals surface area contributed by atoms with Gasteiger partial charge in [0.05, 0.1) is 6.61 Å². The molecule has 2 unspecified atom stereocenters. The van der Waals surface area contributed by atoms with Gasteiger partial charge in [0.1, 0.15) is 5.54 Å². The Kier molecular flexibility index (Phi) is 4.82. The van der Waals surface area contributed by atoms with E-state index in [1.807, 2.05) is 0 Å². The van der Waals surface area contributed by atoms with Crippen LogP contribution in [0.5, 0.6) is 0 Å². The van der Waals surface area contributed by atoms with Gasteiger partial charge in [-0.05, 0) is 33.2 Å². The molecule has 1 aliphatic rings. The fraction of sp³-hybridized carbons (Fsp3) is 0.615. The van der Waals surface area contributed by atoms with Crippen molar-refractivity contribution in [2.75, 3.05) is 13.7 Å². The SMILES string of the molecule is CCOC(=O)C1(NC)CCC(Sc2nccc(=O)[nH]2)C1. The number of hydrogen-bond acceptors (Lipinski definition) is 6. The summed E-state index contributed by atoms with van der Waals surface area (Å²) in [5.74, 6) is -0.194. The van der Waals surface area contributed by atoms with Gasteiger partial charge in [0.25, 0.3) is 5.56 Å². The van der Waals surface area contributed by atoms with Gasteiger partial charge < -0.3 is 15.0 Å². The summed E-state index contributed by atoms with van der Waals surface area (Å²) in [5, 5.41) is 3.94. The molecule has 0 bridgehead atoms. The predicted octanol–water partition coefficient (Wildman–Crippen LogP) is 0.936. The molecule has 7 heteroatoms. The first-order valence-electron chi connectivity index (χ1n) is 6.68. The first-order valence-corrected chi connectivity index (χ1v) is 7.56. The van der Waals surface area contributed by atoms with Crippen LogP contribution < -0.4 is 10.9 Å². The number of aromatic nitrogens is 2. The van der Waals surface area contributed by atoms with Gasteiger partial charge in [-0.3, -0.25) is 9.59 Å². The maximum absolute atomic E-state index is 12.1. The van der Waals surface area contributed by atoms with E-state index in [0.29, 0.717) is 18.2 Å². The Balaban J connectivity index is 2.03. The molecule has 1 fully saturated rings. The van der Waals surface area contributed by atoms with Crippen molar-refractivity contribution in [3.05, 3.63) is 22.6 Å². The van der Waals surface area contributed by atoms with Crippen molar-refractivity contribution in [3.8, 4) is 0 Å². The molecule has 0 aromatic carbocycles. The Morgan fingerprint density at radius 3 is 3.15 bits per heavy atom. The first-order chi connectivity index (χ1) is 9.59. The number of nitrogens with zero attached hydrogens (tertiary/aromatic N) is 1. The molecule has 20 heavy (non-hydrogen) atoms. The van der Waals surface area contributed by atoms with Crippen molar-refractivity contribution in [2.45, 2.75) is 42.1 Å². The highest BCUT2D eigenvalue weighted by atomic mass is 32.2. The van der Waals surface area contributed by atoms with Crippen LogP contribution in [0.4, 0.5) is 0 Å².